The number of nitrogens with one attached hydrogen (secondary N) is 1. The Hall–Kier alpha value is -0.730. The number of nitrogens with two attached hydrogens (primary N) is 1. The maximum absolute atomic E-state index is 5.60. The maximum Gasteiger partial charge on any atom is 0.188 e. The SMILES string of the molecule is CC(C)CN=C(N)NC1CC1. The zero-order chi connectivity index (χ0) is 8.27. The van der Waals surface area contributed by atoms with E-state index in [1.54, 1.807) is 0 Å². The molecule has 1 aliphatic carbocycles. The Morgan fingerprint density at radius 1 is 1.64 bits per heavy atom. The highest BCUT2D eigenvalue weighted by Crippen LogP contribution is 2.17. The van der Waals surface area contributed by atoms with Crippen LogP contribution in [0, 0.1) is 5.92 Å². The fraction of sp³-hybridized carbons (Fsp3) is 0.875. The molecule has 3 heteroatoms. The van der Waals surface area contributed by atoms with Crippen LogP contribution in [0.25, 0.3) is 0 Å². The predicted octanol–water partition coefficient (Wildman–Crippen LogP) is 0.709. The van der Waals surface area contributed by atoms with Gasteiger partial charge in [0.15, 0.2) is 5.96 Å². The lowest BCUT2D eigenvalue weighted by Gasteiger charge is -2.03. The number of aliphatic imine (C=N–C) groups is 1. The van der Waals surface area contributed by atoms with Crippen molar-refractivity contribution in [2.75, 3.05) is 6.54 Å². The smallest absolute Gasteiger partial charge is 0.188 e. The highest BCUT2D eigenvalue weighted by molar-refractivity contribution is 5.78. The molecule has 1 saturated carbocycles. The molecular formula is C8H17N3. The summed E-state index contributed by atoms with van der Waals surface area (Å²) in [5, 5.41) is 3.14. The third-order valence-corrected chi connectivity index (χ3v) is 1.56. The Morgan fingerprint density at radius 2 is 2.27 bits per heavy atom. The Bertz CT molecular complexity index is 147. The molecule has 3 N–H and O–H groups in total. The average Bonchev–Trinajstić information content (AvgIpc) is 2.67. The van der Waals surface area contributed by atoms with Crippen LogP contribution in [0.1, 0.15) is 26.7 Å². The van der Waals surface area contributed by atoms with E-state index < -0.39 is 0 Å². The summed E-state index contributed by atoms with van der Waals surface area (Å²) in [7, 11) is 0. The Labute approximate surface area is 68.1 Å². The minimum Gasteiger partial charge on any atom is -0.370 e. The molecule has 3 nitrogen and oxygen atoms in total. The van der Waals surface area contributed by atoms with Crippen LogP contribution in [0.5, 0.6) is 0 Å². The predicted molar refractivity (Wildman–Crippen MR) is 47.5 cm³/mol. The van der Waals surface area contributed by atoms with Gasteiger partial charge >= 0.3 is 0 Å². The highest BCUT2D eigenvalue weighted by Gasteiger charge is 2.21. The van der Waals surface area contributed by atoms with E-state index in [1.165, 1.54) is 12.8 Å². The molecule has 0 saturated heterocycles. The molecule has 0 heterocycles. The molecular weight excluding hydrogens is 138 g/mol. The zero-order valence-electron chi connectivity index (χ0n) is 7.30. The second kappa shape index (κ2) is 3.60. The van der Waals surface area contributed by atoms with Crippen molar-refractivity contribution in [3.05, 3.63) is 0 Å². The molecule has 1 aliphatic rings. The van der Waals surface area contributed by atoms with Crippen LogP contribution in [-0.4, -0.2) is 18.5 Å². The summed E-state index contributed by atoms with van der Waals surface area (Å²) in [6, 6.07) is 0.617. The van der Waals surface area contributed by atoms with Gasteiger partial charge in [-0.1, -0.05) is 13.8 Å². The van der Waals surface area contributed by atoms with Gasteiger partial charge < -0.3 is 11.1 Å². The summed E-state index contributed by atoms with van der Waals surface area (Å²) in [6.45, 7) is 5.09. The van der Waals surface area contributed by atoms with Gasteiger partial charge in [-0.25, -0.2) is 0 Å². The molecule has 0 spiro atoms. The molecule has 11 heavy (non-hydrogen) atoms. The van der Waals surface area contributed by atoms with Crippen molar-refractivity contribution < 1.29 is 0 Å². The van der Waals surface area contributed by atoms with Crippen LogP contribution in [0.4, 0.5) is 0 Å². The fourth-order valence-electron chi connectivity index (χ4n) is 0.763. The van der Waals surface area contributed by atoms with E-state index in [2.05, 4.69) is 24.2 Å². The lowest BCUT2D eigenvalue weighted by atomic mass is 10.2. The van der Waals surface area contributed by atoms with E-state index in [1.807, 2.05) is 0 Å². The molecule has 64 valence electrons. The average molecular weight is 155 g/mol. The maximum atomic E-state index is 5.60. The highest BCUT2D eigenvalue weighted by atomic mass is 15.1. The summed E-state index contributed by atoms with van der Waals surface area (Å²) in [5.74, 6) is 1.20. The normalized spacial score (nSPS) is 19.0. The van der Waals surface area contributed by atoms with Crippen LogP contribution in [-0.2, 0) is 0 Å². The number of rotatable bonds is 3. The van der Waals surface area contributed by atoms with Crippen molar-refractivity contribution in [1.82, 2.24) is 5.32 Å². The van der Waals surface area contributed by atoms with Crippen molar-refractivity contribution in [2.24, 2.45) is 16.6 Å². The van der Waals surface area contributed by atoms with E-state index >= 15 is 0 Å². The van der Waals surface area contributed by atoms with Gasteiger partial charge in [-0.3, -0.25) is 4.99 Å². The van der Waals surface area contributed by atoms with Crippen molar-refractivity contribution in [3.8, 4) is 0 Å². The van der Waals surface area contributed by atoms with Crippen molar-refractivity contribution in [1.29, 1.82) is 0 Å². The fourth-order valence-corrected chi connectivity index (χ4v) is 0.763. The molecule has 0 atom stereocenters. The standard InChI is InChI=1S/C8H17N3/c1-6(2)5-10-8(9)11-7-3-4-7/h6-7H,3-5H2,1-2H3,(H3,9,10,11). The van der Waals surface area contributed by atoms with E-state index in [-0.39, 0.29) is 0 Å². The minimum atomic E-state index is 0.592. The van der Waals surface area contributed by atoms with Crippen molar-refractivity contribution in [2.45, 2.75) is 32.7 Å². The quantitative estimate of drug-likeness (QED) is 0.466. The summed E-state index contributed by atoms with van der Waals surface area (Å²) in [6.07, 6.45) is 2.50. The molecule has 0 aliphatic heterocycles. The Kier molecular flexibility index (Phi) is 2.74. The van der Waals surface area contributed by atoms with Crippen LogP contribution in [0.15, 0.2) is 4.99 Å². The van der Waals surface area contributed by atoms with Gasteiger partial charge in [-0.05, 0) is 18.8 Å². The minimum absolute atomic E-state index is 0.592. The van der Waals surface area contributed by atoms with E-state index in [4.69, 9.17) is 5.73 Å². The van der Waals surface area contributed by atoms with Gasteiger partial charge in [0.1, 0.15) is 0 Å². The molecule has 1 rings (SSSR count). The first-order chi connectivity index (χ1) is 5.18. The largest absolute Gasteiger partial charge is 0.370 e. The summed E-state index contributed by atoms with van der Waals surface area (Å²) in [4.78, 5) is 4.19. The molecule has 1 fully saturated rings. The number of guanidine groups is 1. The first-order valence-electron chi connectivity index (χ1n) is 4.25. The lowest BCUT2D eigenvalue weighted by molar-refractivity contribution is 0.661. The summed E-state index contributed by atoms with van der Waals surface area (Å²) in [5.41, 5.74) is 5.60. The molecule has 0 aromatic rings. The third-order valence-electron chi connectivity index (χ3n) is 1.56. The van der Waals surface area contributed by atoms with E-state index in [0.717, 1.165) is 6.54 Å². The third kappa shape index (κ3) is 3.86. The topological polar surface area (TPSA) is 50.4 Å². The number of hydrogen-bond donors (Lipinski definition) is 2. The molecule has 0 radical (unpaired) electrons. The van der Waals surface area contributed by atoms with Gasteiger partial charge in [0.05, 0.1) is 0 Å². The molecule has 0 amide bonds. The van der Waals surface area contributed by atoms with Crippen LogP contribution >= 0.6 is 0 Å². The number of hydrogen-bond acceptors (Lipinski definition) is 1. The van der Waals surface area contributed by atoms with Gasteiger partial charge in [0.2, 0.25) is 0 Å². The van der Waals surface area contributed by atoms with Gasteiger partial charge in [0, 0.05) is 12.6 Å². The first kappa shape index (κ1) is 8.37. The van der Waals surface area contributed by atoms with Gasteiger partial charge in [0.25, 0.3) is 0 Å². The Morgan fingerprint density at radius 3 is 2.73 bits per heavy atom. The molecule has 0 unspecified atom stereocenters. The Balaban J connectivity index is 2.15. The van der Waals surface area contributed by atoms with Crippen molar-refractivity contribution >= 4 is 5.96 Å². The summed E-state index contributed by atoms with van der Waals surface area (Å²) >= 11 is 0. The lowest BCUT2D eigenvalue weighted by Crippen LogP contribution is -2.33. The summed E-state index contributed by atoms with van der Waals surface area (Å²) < 4.78 is 0. The van der Waals surface area contributed by atoms with Gasteiger partial charge in [-0.2, -0.15) is 0 Å². The van der Waals surface area contributed by atoms with E-state index in [0.29, 0.717) is 17.9 Å². The molecule has 0 aromatic heterocycles. The van der Waals surface area contributed by atoms with Crippen LogP contribution in [0.3, 0.4) is 0 Å². The molecule has 0 aromatic carbocycles. The number of nitrogens with zero attached hydrogens (tertiary/aromatic N) is 1. The van der Waals surface area contributed by atoms with Crippen LogP contribution in [0.2, 0.25) is 0 Å². The van der Waals surface area contributed by atoms with E-state index in [9.17, 15) is 0 Å². The van der Waals surface area contributed by atoms with Crippen molar-refractivity contribution in [3.63, 3.8) is 0 Å². The zero-order valence-corrected chi connectivity index (χ0v) is 7.30. The van der Waals surface area contributed by atoms with Crippen LogP contribution < -0.4 is 11.1 Å². The first-order valence-corrected chi connectivity index (χ1v) is 4.25. The molecule has 0 bridgehead atoms. The van der Waals surface area contributed by atoms with Gasteiger partial charge in [-0.15, -0.1) is 0 Å². The monoisotopic (exact) mass is 155 g/mol. The second-order valence-corrected chi connectivity index (χ2v) is 3.54. The second-order valence-electron chi connectivity index (χ2n) is 3.54.